The second-order valence-corrected chi connectivity index (χ2v) is 8.80. The van der Waals surface area contributed by atoms with Gasteiger partial charge in [-0.25, -0.2) is 0 Å². The van der Waals surface area contributed by atoms with Crippen LogP contribution in [0.4, 0.5) is 16.2 Å². The van der Waals surface area contributed by atoms with Crippen LogP contribution in [-0.4, -0.2) is 40.5 Å². The number of anilines is 1. The number of carbonyl (C=O) groups is 3. The van der Waals surface area contributed by atoms with Crippen LogP contribution < -0.4 is 14.8 Å². The van der Waals surface area contributed by atoms with Gasteiger partial charge in [0.1, 0.15) is 13.2 Å². The molecule has 0 aliphatic carbocycles. The van der Waals surface area contributed by atoms with E-state index in [-0.39, 0.29) is 17.2 Å². The fourth-order valence-corrected chi connectivity index (χ4v) is 4.31. The molecule has 1 fully saturated rings. The highest BCUT2D eigenvalue weighted by atomic mass is 32.2. The Kier molecular flexibility index (Phi) is 7.84. The van der Waals surface area contributed by atoms with Gasteiger partial charge in [0.15, 0.2) is 11.5 Å². The van der Waals surface area contributed by atoms with Crippen LogP contribution in [0.2, 0.25) is 0 Å². The number of para-hydroxylation sites is 1. The maximum atomic E-state index is 12.8. The zero-order chi connectivity index (χ0) is 26.4. The lowest BCUT2D eigenvalue weighted by molar-refractivity contribution is -0.384. The fraction of sp³-hybridized carbons (Fsp3) is 0.115. The van der Waals surface area contributed by atoms with Gasteiger partial charge in [-0.2, -0.15) is 0 Å². The Hall–Kier alpha value is -4.64. The number of rotatable bonds is 9. The van der Waals surface area contributed by atoms with Crippen molar-refractivity contribution in [1.29, 1.82) is 0 Å². The van der Waals surface area contributed by atoms with Crippen LogP contribution in [0.5, 0.6) is 11.5 Å². The normalized spacial score (nSPS) is 14.1. The van der Waals surface area contributed by atoms with Crippen LogP contribution in [-0.2, 0) is 16.2 Å². The van der Waals surface area contributed by atoms with Crippen molar-refractivity contribution in [1.82, 2.24) is 4.90 Å². The van der Waals surface area contributed by atoms with E-state index in [1.54, 1.807) is 54.6 Å². The van der Waals surface area contributed by atoms with E-state index in [9.17, 15) is 24.5 Å². The third-order valence-corrected chi connectivity index (χ3v) is 6.14. The highest BCUT2D eigenvalue weighted by Crippen LogP contribution is 2.35. The van der Waals surface area contributed by atoms with Gasteiger partial charge >= 0.3 is 0 Å². The number of non-ortho nitro benzene ring substituents is 1. The third kappa shape index (κ3) is 6.33. The average Bonchev–Trinajstić information content (AvgIpc) is 3.15. The molecule has 3 amide bonds. The van der Waals surface area contributed by atoms with Crippen molar-refractivity contribution in [3.63, 3.8) is 0 Å². The second kappa shape index (κ2) is 11.4. The molecule has 1 heterocycles. The summed E-state index contributed by atoms with van der Waals surface area (Å²) in [5, 5.41) is 13.1. The summed E-state index contributed by atoms with van der Waals surface area (Å²) >= 11 is 0.745. The summed E-state index contributed by atoms with van der Waals surface area (Å²) in [6.07, 6.45) is 1.53. The Labute approximate surface area is 216 Å². The zero-order valence-electron chi connectivity index (χ0n) is 19.6. The molecule has 3 aromatic carbocycles. The second-order valence-electron chi connectivity index (χ2n) is 7.81. The number of methoxy groups -OCH3 is 1. The summed E-state index contributed by atoms with van der Waals surface area (Å²) in [7, 11) is 1.46. The minimum absolute atomic E-state index is 0.0325. The molecule has 1 aliphatic rings. The molecule has 188 valence electrons. The van der Waals surface area contributed by atoms with Crippen LogP contribution in [0.15, 0.2) is 77.7 Å². The lowest BCUT2D eigenvalue weighted by atomic mass is 10.1. The number of nitro benzene ring substituents is 1. The van der Waals surface area contributed by atoms with Gasteiger partial charge in [0.25, 0.3) is 16.8 Å². The Morgan fingerprint density at radius 3 is 2.57 bits per heavy atom. The summed E-state index contributed by atoms with van der Waals surface area (Å²) in [5.41, 5.74) is 1.73. The molecule has 0 atom stereocenters. The van der Waals surface area contributed by atoms with Crippen molar-refractivity contribution in [2.75, 3.05) is 19.0 Å². The van der Waals surface area contributed by atoms with Crippen molar-refractivity contribution in [3.8, 4) is 11.5 Å². The molecule has 0 radical (unpaired) electrons. The molecule has 4 rings (SSSR count). The first-order valence-corrected chi connectivity index (χ1v) is 11.8. The standard InChI is InChI=1S/C26H21N3O7S/c1-35-22-13-17(10-11-21(22)36-16-18-6-5-9-20(12-18)29(33)34)14-23-25(31)28(26(32)37-23)15-24(30)27-19-7-3-2-4-8-19/h2-14H,15-16H2,1H3,(H,27,30)/b23-14+. The van der Waals surface area contributed by atoms with Crippen LogP contribution >= 0.6 is 11.8 Å². The molecule has 0 aromatic heterocycles. The predicted molar refractivity (Wildman–Crippen MR) is 138 cm³/mol. The zero-order valence-corrected chi connectivity index (χ0v) is 20.4. The summed E-state index contributed by atoms with van der Waals surface area (Å²) in [6, 6.07) is 19.8. The smallest absolute Gasteiger partial charge is 0.294 e. The van der Waals surface area contributed by atoms with E-state index in [0.717, 1.165) is 16.7 Å². The summed E-state index contributed by atoms with van der Waals surface area (Å²) in [5.74, 6) is -0.276. The number of amides is 3. The number of ether oxygens (including phenoxy) is 2. The van der Waals surface area contributed by atoms with E-state index in [1.807, 2.05) is 6.07 Å². The molecule has 0 spiro atoms. The molecule has 0 bridgehead atoms. The van der Waals surface area contributed by atoms with E-state index >= 15 is 0 Å². The Bertz CT molecular complexity index is 1390. The van der Waals surface area contributed by atoms with Gasteiger partial charge in [-0.3, -0.25) is 29.4 Å². The van der Waals surface area contributed by atoms with Crippen LogP contribution in [0, 0.1) is 10.1 Å². The molecule has 1 N–H and O–H groups in total. The largest absolute Gasteiger partial charge is 0.493 e. The lowest BCUT2D eigenvalue weighted by Gasteiger charge is -2.12. The molecule has 37 heavy (non-hydrogen) atoms. The molecule has 3 aromatic rings. The number of imide groups is 1. The quantitative estimate of drug-likeness (QED) is 0.241. The molecule has 0 unspecified atom stereocenters. The van der Waals surface area contributed by atoms with Crippen molar-refractivity contribution >= 4 is 46.3 Å². The maximum absolute atomic E-state index is 12.8. The van der Waals surface area contributed by atoms with Gasteiger partial charge < -0.3 is 14.8 Å². The number of carbonyl (C=O) groups excluding carboxylic acids is 3. The van der Waals surface area contributed by atoms with E-state index in [4.69, 9.17) is 9.47 Å². The van der Waals surface area contributed by atoms with Gasteiger partial charge in [-0.1, -0.05) is 36.4 Å². The van der Waals surface area contributed by atoms with E-state index in [2.05, 4.69) is 5.32 Å². The number of hydrogen-bond donors (Lipinski definition) is 1. The molecule has 1 saturated heterocycles. The van der Waals surface area contributed by atoms with Crippen molar-refractivity contribution < 1.29 is 28.8 Å². The number of nitro groups is 1. The van der Waals surface area contributed by atoms with Gasteiger partial charge in [-0.05, 0) is 53.2 Å². The van der Waals surface area contributed by atoms with Crippen molar-refractivity contribution in [3.05, 3.63) is 98.9 Å². The fourth-order valence-electron chi connectivity index (χ4n) is 3.47. The first-order chi connectivity index (χ1) is 17.8. The van der Waals surface area contributed by atoms with Crippen LogP contribution in [0.1, 0.15) is 11.1 Å². The monoisotopic (exact) mass is 519 g/mol. The molecular weight excluding hydrogens is 498 g/mol. The Balaban J connectivity index is 1.43. The number of benzene rings is 3. The maximum Gasteiger partial charge on any atom is 0.294 e. The third-order valence-electron chi connectivity index (χ3n) is 5.23. The summed E-state index contributed by atoms with van der Waals surface area (Å²) in [4.78, 5) is 49.1. The number of hydrogen-bond acceptors (Lipinski definition) is 8. The Morgan fingerprint density at radius 2 is 1.84 bits per heavy atom. The van der Waals surface area contributed by atoms with E-state index in [1.165, 1.54) is 25.3 Å². The number of nitrogens with one attached hydrogen (secondary N) is 1. The highest BCUT2D eigenvalue weighted by molar-refractivity contribution is 8.18. The summed E-state index contributed by atoms with van der Waals surface area (Å²) < 4.78 is 11.2. The molecule has 10 nitrogen and oxygen atoms in total. The lowest BCUT2D eigenvalue weighted by Crippen LogP contribution is -2.36. The topological polar surface area (TPSA) is 128 Å². The molecule has 0 saturated carbocycles. The SMILES string of the molecule is COc1cc(/C=C2/SC(=O)N(CC(=O)Nc3ccccc3)C2=O)ccc1OCc1cccc([N+](=O)[O-])c1. The molecular formula is C26H21N3O7S. The van der Waals surface area contributed by atoms with Crippen LogP contribution in [0.3, 0.4) is 0 Å². The first-order valence-electron chi connectivity index (χ1n) is 11.0. The van der Waals surface area contributed by atoms with Crippen molar-refractivity contribution in [2.45, 2.75) is 6.61 Å². The Morgan fingerprint density at radius 1 is 1.05 bits per heavy atom. The highest BCUT2D eigenvalue weighted by Gasteiger charge is 2.36. The van der Waals surface area contributed by atoms with Gasteiger partial charge in [0, 0.05) is 17.8 Å². The summed E-state index contributed by atoms with van der Waals surface area (Å²) in [6.45, 7) is -0.314. The van der Waals surface area contributed by atoms with Gasteiger partial charge in [0.05, 0.1) is 16.9 Å². The molecule has 1 aliphatic heterocycles. The first kappa shape index (κ1) is 25.5. The average molecular weight is 520 g/mol. The van der Waals surface area contributed by atoms with Crippen molar-refractivity contribution in [2.24, 2.45) is 0 Å². The minimum atomic E-state index is -0.567. The van der Waals surface area contributed by atoms with Crippen LogP contribution in [0.25, 0.3) is 6.08 Å². The number of nitrogens with zero attached hydrogens (tertiary/aromatic N) is 2. The van der Waals surface area contributed by atoms with E-state index in [0.29, 0.717) is 28.3 Å². The van der Waals surface area contributed by atoms with E-state index < -0.39 is 28.5 Å². The minimum Gasteiger partial charge on any atom is -0.493 e. The van der Waals surface area contributed by atoms with Gasteiger partial charge in [-0.15, -0.1) is 0 Å². The number of thioether (sulfide) groups is 1. The molecule has 11 heteroatoms. The predicted octanol–water partition coefficient (Wildman–Crippen LogP) is 4.86. The van der Waals surface area contributed by atoms with Gasteiger partial charge in [0.2, 0.25) is 5.91 Å².